The molecule has 6 aromatic carbocycles. The molecule has 0 radical (unpaired) electrons. The van der Waals surface area contributed by atoms with Crippen molar-refractivity contribution in [2.45, 2.75) is 0 Å². The quantitative estimate of drug-likeness (QED) is 0.0939. The van der Waals surface area contributed by atoms with Crippen molar-refractivity contribution in [2.75, 3.05) is 0 Å². The molecule has 0 unspecified atom stereocenters. The standard InChI is InChI=1S/2C17H14P.4ClH.Fe/c2*1-3-9-15(10-4-1)18(17-13-7-8-14-17)16-11-5-2-6-12-16;;;;;/h2*1-14H;4*1H;/q2*-1;;;;;+2. The maximum atomic E-state index is 2.23. The molecule has 0 aliphatic heterocycles. The molecule has 0 spiro atoms. The van der Waals surface area contributed by atoms with Gasteiger partial charge in [-0.15, -0.1) is 60.2 Å². The summed E-state index contributed by atoms with van der Waals surface area (Å²) >= 11 is 0. The molecule has 0 aromatic heterocycles. The molecule has 0 amide bonds. The normalized spacial score (nSPS) is 9.41. The predicted molar refractivity (Wildman–Crippen MR) is 190 cm³/mol. The zero-order valence-electron chi connectivity index (χ0n) is 22.0. The molecule has 41 heavy (non-hydrogen) atoms. The van der Waals surface area contributed by atoms with Crippen LogP contribution in [0.15, 0.2) is 170 Å². The van der Waals surface area contributed by atoms with Crippen LogP contribution in [0.2, 0.25) is 0 Å². The summed E-state index contributed by atoms with van der Waals surface area (Å²) in [4.78, 5) is 0. The van der Waals surface area contributed by atoms with Gasteiger partial charge in [-0.3, -0.25) is 0 Å². The van der Waals surface area contributed by atoms with Gasteiger partial charge in [-0.05, 0) is 37.1 Å². The zero-order valence-corrected chi connectivity index (χ0v) is 28.2. The predicted octanol–water partition coefficient (Wildman–Crippen LogP) is 8.01. The third kappa shape index (κ3) is 10.7. The summed E-state index contributed by atoms with van der Waals surface area (Å²) in [5.74, 6) is 0. The van der Waals surface area contributed by atoms with E-state index >= 15 is 0 Å². The molecule has 6 rings (SSSR count). The van der Waals surface area contributed by atoms with Crippen molar-refractivity contribution in [2.24, 2.45) is 0 Å². The van der Waals surface area contributed by atoms with E-state index in [1.165, 1.54) is 31.8 Å². The van der Waals surface area contributed by atoms with Gasteiger partial charge in [0, 0.05) is 0 Å². The Morgan fingerprint density at radius 2 is 0.561 bits per heavy atom. The van der Waals surface area contributed by atoms with Gasteiger partial charge in [0.2, 0.25) is 0 Å². The monoisotopic (exact) mass is 698 g/mol. The van der Waals surface area contributed by atoms with Crippen LogP contribution in [0.5, 0.6) is 0 Å². The molecule has 0 saturated carbocycles. The van der Waals surface area contributed by atoms with Gasteiger partial charge in [-0.2, -0.15) is 24.3 Å². The second kappa shape index (κ2) is 20.9. The smallest absolute Gasteiger partial charge is 0.213 e. The van der Waals surface area contributed by atoms with Crippen LogP contribution in [0.25, 0.3) is 0 Å². The van der Waals surface area contributed by atoms with Gasteiger partial charge in [-0.25, -0.2) is 24.3 Å². The Balaban J connectivity index is 0.000000696. The van der Waals surface area contributed by atoms with Crippen LogP contribution in [0, 0.1) is 0 Å². The van der Waals surface area contributed by atoms with E-state index in [2.05, 4.69) is 170 Å². The molecular weight excluding hydrogens is 668 g/mol. The SMILES string of the molecule is Cl.Cl.Cl.Cl.[Fe+2].c1ccc(P(c2ccccc2)c2ccc[cH-]2)cc1.c1ccc(P(c2ccccc2)c2ccc[cH-]2)cc1. The number of hydrogen-bond donors (Lipinski definition) is 0. The van der Waals surface area contributed by atoms with E-state index in [9.17, 15) is 0 Å². The van der Waals surface area contributed by atoms with Crippen molar-refractivity contribution in [1.29, 1.82) is 0 Å². The first-order valence-electron chi connectivity index (χ1n) is 12.1. The summed E-state index contributed by atoms with van der Waals surface area (Å²) in [5.41, 5.74) is 0. The Morgan fingerprint density at radius 1 is 0.317 bits per heavy atom. The summed E-state index contributed by atoms with van der Waals surface area (Å²) in [6, 6.07) is 60.5. The van der Waals surface area contributed by atoms with Gasteiger partial charge in [-0.1, -0.05) is 121 Å². The zero-order chi connectivity index (χ0) is 24.4. The van der Waals surface area contributed by atoms with E-state index in [-0.39, 0.29) is 66.7 Å². The van der Waals surface area contributed by atoms with Gasteiger partial charge in [0.1, 0.15) is 0 Å². The fraction of sp³-hybridized carbons (Fsp3) is 0. The Morgan fingerprint density at radius 3 is 0.756 bits per heavy atom. The first-order valence-corrected chi connectivity index (χ1v) is 14.8. The van der Waals surface area contributed by atoms with Crippen LogP contribution < -0.4 is 31.8 Å². The van der Waals surface area contributed by atoms with Gasteiger partial charge >= 0.3 is 17.1 Å². The molecule has 0 aliphatic carbocycles. The summed E-state index contributed by atoms with van der Waals surface area (Å²) in [6.45, 7) is 0. The van der Waals surface area contributed by atoms with Gasteiger partial charge in [0.25, 0.3) is 0 Å². The van der Waals surface area contributed by atoms with Crippen molar-refractivity contribution < 1.29 is 17.1 Å². The molecule has 0 fully saturated rings. The van der Waals surface area contributed by atoms with Crippen LogP contribution in [-0.4, -0.2) is 0 Å². The minimum Gasteiger partial charge on any atom is -0.213 e. The fourth-order valence-corrected chi connectivity index (χ4v) is 8.84. The number of rotatable bonds is 6. The fourth-order valence-electron chi connectivity index (χ4n) is 4.23. The number of halogens is 4. The Bertz CT molecular complexity index is 1220. The average Bonchev–Trinajstić information content (AvgIpc) is 3.68. The van der Waals surface area contributed by atoms with Crippen molar-refractivity contribution in [3.05, 3.63) is 170 Å². The molecule has 214 valence electrons. The molecule has 0 atom stereocenters. The summed E-state index contributed by atoms with van der Waals surface area (Å²) < 4.78 is 0. The molecule has 0 bridgehead atoms. The van der Waals surface area contributed by atoms with Gasteiger partial charge in [0.05, 0.1) is 0 Å². The average molecular weight is 700 g/mol. The first-order chi connectivity index (χ1) is 17.9. The van der Waals surface area contributed by atoms with Gasteiger partial charge in [0.15, 0.2) is 0 Å². The molecule has 7 heteroatoms. The van der Waals surface area contributed by atoms with Crippen LogP contribution >= 0.6 is 65.5 Å². The Hall–Kier alpha value is -1.88. The summed E-state index contributed by atoms with van der Waals surface area (Å²) in [6.07, 6.45) is 0. The van der Waals surface area contributed by atoms with Crippen LogP contribution in [-0.2, 0) is 17.1 Å². The second-order valence-electron chi connectivity index (χ2n) is 8.30. The van der Waals surface area contributed by atoms with Crippen LogP contribution in [0.4, 0.5) is 0 Å². The summed E-state index contributed by atoms with van der Waals surface area (Å²) in [5, 5.41) is 8.47. The third-order valence-electron chi connectivity index (χ3n) is 5.86. The van der Waals surface area contributed by atoms with E-state index in [0.29, 0.717) is 0 Å². The van der Waals surface area contributed by atoms with Crippen LogP contribution in [0.3, 0.4) is 0 Å². The largest absolute Gasteiger partial charge is 2.00 e. The molecule has 0 saturated heterocycles. The maximum absolute atomic E-state index is 2.23. The summed E-state index contributed by atoms with van der Waals surface area (Å²) in [7, 11) is -0.818. The molecule has 0 nitrogen and oxygen atoms in total. The molecule has 0 aliphatic rings. The van der Waals surface area contributed by atoms with E-state index in [4.69, 9.17) is 0 Å². The Labute approximate surface area is 282 Å². The van der Waals surface area contributed by atoms with Crippen molar-refractivity contribution in [3.8, 4) is 0 Å². The van der Waals surface area contributed by atoms with Crippen LogP contribution in [0.1, 0.15) is 0 Å². The van der Waals surface area contributed by atoms with Crippen molar-refractivity contribution >= 4 is 97.3 Å². The van der Waals surface area contributed by atoms with E-state index in [0.717, 1.165) is 0 Å². The van der Waals surface area contributed by atoms with E-state index in [1.807, 2.05) is 0 Å². The molecular formula is C34H32Cl4FeP2. The minimum absolute atomic E-state index is 0. The van der Waals surface area contributed by atoms with Gasteiger partial charge < -0.3 is 0 Å². The topological polar surface area (TPSA) is 0 Å². The molecule has 0 heterocycles. The minimum atomic E-state index is -0.409. The second-order valence-corrected chi connectivity index (χ2v) is 12.7. The molecule has 6 aromatic rings. The van der Waals surface area contributed by atoms with Crippen molar-refractivity contribution in [3.63, 3.8) is 0 Å². The van der Waals surface area contributed by atoms with E-state index < -0.39 is 15.8 Å². The number of hydrogen-bond acceptors (Lipinski definition) is 0. The number of benzene rings is 4. The van der Waals surface area contributed by atoms with Crippen molar-refractivity contribution in [1.82, 2.24) is 0 Å². The third-order valence-corrected chi connectivity index (χ3v) is 10.8. The Kier molecular flexibility index (Phi) is 20.0. The first kappa shape index (κ1) is 39.1. The molecule has 0 N–H and O–H groups in total. The maximum Gasteiger partial charge on any atom is 2.00 e. The van der Waals surface area contributed by atoms with E-state index in [1.54, 1.807) is 0 Å².